The van der Waals surface area contributed by atoms with E-state index in [1.807, 2.05) is 29.8 Å². The Balaban J connectivity index is 2.11. The lowest BCUT2D eigenvalue weighted by Crippen LogP contribution is -2.00. The molecule has 0 saturated heterocycles. The summed E-state index contributed by atoms with van der Waals surface area (Å²) in [6, 6.07) is 8.10. The van der Waals surface area contributed by atoms with E-state index in [9.17, 15) is 0 Å². The lowest BCUT2D eigenvalue weighted by molar-refractivity contribution is 0.807. The normalized spacial score (nSPS) is 15.2. The first-order valence-electron chi connectivity index (χ1n) is 5.75. The van der Waals surface area contributed by atoms with Gasteiger partial charge in [-0.3, -0.25) is 0 Å². The number of imidazole rings is 1. The van der Waals surface area contributed by atoms with Crippen molar-refractivity contribution in [3.05, 3.63) is 34.6 Å². The Morgan fingerprint density at radius 1 is 1.41 bits per heavy atom. The molecule has 0 unspecified atom stereocenters. The van der Waals surface area contributed by atoms with Crippen LogP contribution >= 0.6 is 15.9 Å². The van der Waals surface area contributed by atoms with Crippen molar-refractivity contribution in [1.29, 1.82) is 0 Å². The van der Waals surface area contributed by atoms with E-state index >= 15 is 0 Å². The van der Waals surface area contributed by atoms with E-state index in [1.54, 1.807) is 0 Å². The van der Waals surface area contributed by atoms with Gasteiger partial charge in [-0.2, -0.15) is 0 Å². The Morgan fingerprint density at radius 3 is 2.82 bits per heavy atom. The largest absolute Gasteiger partial charge is 0.383 e. The second kappa shape index (κ2) is 3.88. The van der Waals surface area contributed by atoms with Crippen LogP contribution in [0.1, 0.15) is 24.6 Å². The molecule has 2 N–H and O–H groups in total. The van der Waals surface area contributed by atoms with Crippen molar-refractivity contribution < 1.29 is 0 Å². The standard InChI is InChI=1S/C13H14BrN3/c1-17-12(15)11(16-13(17)8-5-6-8)9-3-2-4-10(14)7-9/h2-4,7-8H,5-6,15H2,1H3. The summed E-state index contributed by atoms with van der Waals surface area (Å²) in [4.78, 5) is 4.70. The summed E-state index contributed by atoms with van der Waals surface area (Å²) in [5, 5.41) is 0. The summed E-state index contributed by atoms with van der Waals surface area (Å²) in [5.41, 5.74) is 8.10. The zero-order valence-electron chi connectivity index (χ0n) is 9.65. The van der Waals surface area contributed by atoms with Crippen LogP contribution in [-0.4, -0.2) is 9.55 Å². The quantitative estimate of drug-likeness (QED) is 0.923. The predicted octanol–water partition coefficient (Wildman–Crippen LogP) is 3.31. The number of halogens is 1. The van der Waals surface area contributed by atoms with Crippen LogP contribution in [0.25, 0.3) is 11.3 Å². The van der Waals surface area contributed by atoms with E-state index in [2.05, 4.69) is 22.0 Å². The molecule has 1 aromatic heterocycles. The average Bonchev–Trinajstić information content (AvgIpc) is 3.09. The van der Waals surface area contributed by atoms with Gasteiger partial charge in [0.15, 0.2) is 0 Å². The molecule has 1 aliphatic rings. The Kier molecular flexibility index (Phi) is 2.47. The number of nitrogens with zero attached hydrogens (tertiary/aromatic N) is 2. The number of nitrogens with two attached hydrogens (primary N) is 1. The van der Waals surface area contributed by atoms with Gasteiger partial charge in [0.2, 0.25) is 0 Å². The first-order chi connectivity index (χ1) is 8.16. The van der Waals surface area contributed by atoms with Crippen LogP contribution in [0.5, 0.6) is 0 Å². The zero-order valence-corrected chi connectivity index (χ0v) is 11.2. The summed E-state index contributed by atoms with van der Waals surface area (Å²) in [6.45, 7) is 0. The van der Waals surface area contributed by atoms with Gasteiger partial charge in [0, 0.05) is 23.0 Å². The van der Waals surface area contributed by atoms with Crippen molar-refractivity contribution in [2.45, 2.75) is 18.8 Å². The number of benzene rings is 1. The highest BCUT2D eigenvalue weighted by Gasteiger charge is 2.29. The number of nitrogen functional groups attached to an aromatic ring is 1. The zero-order chi connectivity index (χ0) is 12.0. The Morgan fingerprint density at radius 2 is 2.18 bits per heavy atom. The fraction of sp³-hybridized carbons (Fsp3) is 0.308. The van der Waals surface area contributed by atoms with Crippen LogP contribution in [0.3, 0.4) is 0 Å². The SMILES string of the molecule is Cn1c(C2CC2)nc(-c2cccc(Br)c2)c1N. The molecule has 1 aromatic carbocycles. The van der Waals surface area contributed by atoms with E-state index in [-0.39, 0.29) is 0 Å². The minimum atomic E-state index is 0.614. The van der Waals surface area contributed by atoms with Crippen molar-refractivity contribution in [3.8, 4) is 11.3 Å². The number of hydrogen-bond donors (Lipinski definition) is 1. The Labute approximate surface area is 109 Å². The van der Waals surface area contributed by atoms with E-state index < -0.39 is 0 Å². The van der Waals surface area contributed by atoms with Crippen molar-refractivity contribution in [3.63, 3.8) is 0 Å². The maximum Gasteiger partial charge on any atom is 0.131 e. The summed E-state index contributed by atoms with van der Waals surface area (Å²) < 4.78 is 3.07. The van der Waals surface area contributed by atoms with Crippen LogP contribution in [0.4, 0.5) is 5.82 Å². The summed E-state index contributed by atoms with van der Waals surface area (Å²) in [7, 11) is 2.00. The van der Waals surface area contributed by atoms with Gasteiger partial charge in [0.25, 0.3) is 0 Å². The van der Waals surface area contributed by atoms with Crippen molar-refractivity contribution in [2.24, 2.45) is 7.05 Å². The number of aromatic nitrogens is 2. The highest BCUT2D eigenvalue weighted by Crippen LogP contribution is 2.41. The van der Waals surface area contributed by atoms with E-state index in [4.69, 9.17) is 10.7 Å². The van der Waals surface area contributed by atoms with Crippen LogP contribution in [0.2, 0.25) is 0 Å². The van der Waals surface area contributed by atoms with Gasteiger partial charge in [0.05, 0.1) is 0 Å². The molecule has 3 nitrogen and oxygen atoms in total. The minimum absolute atomic E-state index is 0.614. The molecular weight excluding hydrogens is 278 g/mol. The first-order valence-corrected chi connectivity index (χ1v) is 6.54. The van der Waals surface area contributed by atoms with Crippen molar-refractivity contribution >= 4 is 21.7 Å². The van der Waals surface area contributed by atoms with Crippen LogP contribution < -0.4 is 5.73 Å². The Hall–Kier alpha value is -1.29. The van der Waals surface area contributed by atoms with E-state index in [0.29, 0.717) is 5.92 Å². The summed E-state index contributed by atoms with van der Waals surface area (Å²) in [6.07, 6.45) is 2.48. The lowest BCUT2D eigenvalue weighted by Gasteiger charge is -2.01. The van der Waals surface area contributed by atoms with Gasteiger partial charge >= 0.3 is 0 Å². The van der Waals surface area contributed by atoms with Crippen LogP contribution in [0.15, 0.2) is 28.7 Å². The van der Waals surface area contributed by atoms with Gasteiger partial charge in [0.1, 0.15) is 17.3 Å². The predicted molar refractivity (Wildman–Crippen MR) is 72.7 cm³/mol. The summed E-state index contributed by atoms with van der Waals surface area (Å²) >= 11 is 3.48. The molecule has 0 atom stereocenters. The molecule has 1 heterocycles. The lowest BCUT2D eigenvalue weighted by atomic mass is 10.1. The smallest absolute Gasteiger partial charge is 0.131 e. The number of rotatable bonds is 2. The first kappa shape index (κ1) is 10.8. The number of hydrogen-bond acceptors (Lipinski definition) is 2. The Bertz CT molecular complexity index is 570. The topological polar surface area (TPSA) is 43.8 Å². The average molecular weight is 292 g/mol. The highest BCUT2D eigenvalue weighted by atomic mass is 79.9. The van der Waals surface area contributed by atoms with Gasteiger partial charge in [-0.25, -0.2) is 4.98 Å². The van der Waals surface area contributed by atoms with Crippen molar-refractivity contribution in [1.82, 2.24) is 9.55 Å². The third-order valence-electron chi connectivity index (χ3n) is 3.21. The minimum Gasteiger partial charge on any atom is -0.383 e. The molecule has 0 amide bonds. The third kappa shape index (κ3) is 1.86. The molecule has 0 radical (unpaired) electrons. The van der Waals surface area contributed by atoms with Gasteiger partial charge in [-0.15, -0.1) is 0 Å². The van der Waals surface area contributed by atoms with E-state index in [1.165, 1.54) is 12.8 Å². The van der Waals surface area contributed by atoms with Gasteiger partial charge in [-0.05, 0) is 25.0 Å². The molecular formula is C13H14BrN3. The van der Waals surface area contributed by atoms with Crippen LogP contribution in [0, 0.1) is 0 Å². The molecule has 0 spiro atoms. The maximum atomic E-state index is 6.14. The molecule has 4 heteroatoms. The van der Waals surface area contributed by atoms with Gasteiger partial charge in [-0.1, -0.05) is 28.1 Å². The van der Waals surface area contributed by atoms with Gasteiger partial charge < -0.3 is 10.3 Å². The molecule has 0 aliphatic heterocycles. The molecule has 17 heavy (non-hydrogen) atoms. The third-order valence-corrected chi connectivity index (χ3v) is 3.71. The van der Waals surface area contributed by atoms with Crippen molar-refractivity contribution in [2.75, 3.05) is 5.73 Å². The molecule has 1 fully saturated rings. The second-order valence-electron chi connectivity index (χ2n) is 4.55. The number of anilines is 1. The monoisotopic (exact) mass is 291 g/mol. The molecule has 0 bridgehead atoms. The molecule has 1 aliphatic carbocycles. The molecule has 88 valence electrons. The molecule has 1 saturated carbocycles. The molecule has 3 rings (SSSR count). The molecule has 2 aromatic rings. The fourth-order valence-electron chi connectivity index (χ4n) is 2.08. The van der Waals surface area contributed by atoms with E-state index in [0.717, 1.165) is 27.4 Å². The maximum absolute atomic E-state index is 6.14. The highest BCUT2D eigenvalue weighted by molar-refractivity contribution is 9.10. The summed E-state index contributed by atoms with van der Waals surface area (Å²) in [5.74, 6) is 2.49. The second-order valence-corrected chi connectivity index (χ2v) is 5.46. The fourth-order valence-corrected chi connectivity index (χ4v) is 2.48. The van der Waals surface area contributed by atoms with Crippen LogP contribution in [-0.2, 0) is 7.05 Å².